The van der Waals surface area contributed by atoms with Crippen LogP contribution in [0.25, 0.3) is 0 Å². The monoisotopic (exact) mass is 229 g/mol. The highest BCUT2D eigenvalue weighted by Crippen LogP contribution is 2.07. The van der Waals surface area contributed by atoms with Gasteiger partial charge in [0.1, 0.15) is 19.7 Å². The molecular weight excluding hydrogens is 210 g/mol. The summed E-state index contributed by atoms with van der Waals surface area (Å²) in [4.78, 5) is 3.89. The van der Waals surface area contributed by atoms with Crippen molar-refractivity contribution in [3.63, 3.8) is 0 Å². The van der Waals surface area contributed by atoms with Gasteiger partial charge in [-0.2, -0.15) is 5.10 Å². The van der Waals surface area contributed by atoms with Crippen molar-refractivity contribution >= 4 is 8.07 Å². The third-order valence-corrected chi connectivity index (χ3v) is 3.65. The number of hydrogen-bond acceptors (Lipinski definition) is 4. The second kappa shape index (κ2) is 5.39. The Morgan fingerprint density at radius 3 is 2.73 bits per heavy atom. The van der Waals surface area contributed by atoms with Gasteiger partial charge in [-0.3, -0.25) is 0 Å². The van der Waals surface area contributed by atoms with E-state index < -0.39 is 8.07 Å². The van der Waals surface area contributed by atoms with Gasteiger partial charge in [-0.25, -0.2) is 9.67 Å². The zero-order valence-electron chi connectivity index (χ0n) is 9.60. The van der Waals surface area contributed by atoms with Gasteiger partial charge >= 0.3 is 0 Å². The van der Waals surface area contributed by atoms with Gasteiger partial charge in [-0.15, -0.1) is 0 Å². The molecule has 1 rings (SSSR count). The Hall–Kier alpha value is -0.723. The molecule has 0 bridgehead atoms. The molecule has 1 N–H and O–H groups in total. The topological polar surface area (TPSA) is 60.2 Å². The summed E-state index contributed by atoms with van der Waals surface area (Å²) in [6.07, 6.45) is 1.57. The summed E-state index contributed by atoms with van der Waals surface area (Å²) in [6, 6.07) is 1.15. The number of aliphatic hydroxyl groups excluding tert-OH is 1. The number of hydrogen-bond donors (Lipinski definition) is 1. The summed E-state index contributed by atoms with van der Waals surface area (Å²) in [7, 11) is -1.01. The highest BCUT2D eigenvalue weighted by atomic mass is 28.3. The first-order valence-corrected chi connectivity index (χ1v) is 8.79. The lowest BCUT2D eigenvalue weighted by Gasteiger charge is -2.15. The molecule has 15 heavy (non-hydrogen) atoms. The second-order valence-corrected chi connectivity index (χ2v) is 10.3. The van der Waals surface area contributed by atoms with E-state index in [0.29, 0.717) is 12.6 Å². The predicted molar refractivity (Wildman–Crippen MR) is 60.0 cm³/mol. The number of aromatic nitrogens is 3. The Bertz CT molecular complexity index is 296. The average molecular weight is 229 g/mol. The van der Waals surface area contributed by atoms with Crippen LogP contribution in [0.15, 0.2) is 6.33 Å². The highest BCUT2D eigenvalue weighted by Gasteiger charge is 2.11. The van der Waals surface area contributed by atoms with Crippen molar-refractivity contribution in [2.75, 3.05) is 6.61 Å². The van der Waals surface area contributed by atoms with Gasteiger partial charge in [-0.1, -0.05) is 19.6 Å². The molecule has 86 valence electrons. The summed E-state index contributed by atoms with van der Waals surface area (Å²) < 4.78 is 7.06. The summed E-state index contributed by atoms with van der Waals surface area (Å²) in [6.45, 7) is 8.00. The highest BCUT2D eigenvalue weighted by molar-refractivity contribution is 6.76. The molecule has 0 radical (unpaired) electrons. The van der Waals surface area contributed by atoms with E-state index in [2.05, 4.69) is 29.7 Å². The van der Waals surface area contributed by atoms with Gasteiger partial charge < -0.3 is 9.84 Å². The molecule has 0 aliphatic heterocycles. The van der Waals surface area contributed by atoms with E-state index in [1.165, 1.54) is 0 Å². The molecule has 5 nitrogen and oxygen atoms in total. The van der Waals surface area contributed by atoms with Crippen LogP contribution in [0.5, 0.6) is 0 Å². The molecule has 0 fully saturated rings. The third-order valence-electron chi connectivity index (χ3n) is 1.95. The molecule has 0 amide bonds. The maximum absolute atomic E-state index is 8.76. The third kappa shape index (κ3) is 5.05. The van der Waals surface area contributed by atoms with Crippen molar-refractivity contribution in [3.05, 3.63) is 12.2 Å². The zero-order chi connectivity index (χ0) is 11.3. The molecule has 1 aromatic rings. The molecule has 0 atom stereocenters. The van der Waals surface area contributed by atoms with Crippen molar-refractivity contribution in [1.29, 1.82) is 0 Å². The van der Waals surface area contributed by atoms with Gasteiger partial charge in [0.2, 0.25) is 0 Å². The minimum atomic E-state index is -1.01. The predicted octanol–water partition coefficient (Wildman–Crippen LogP) is 1.08. The lowest BCUT2D eigenvalue weighted by molar-refractivity contribution is 0.0777. The molecular formula is C9H19N3O2Si. The first-order valence-electron chi connectivity index (χ1n) is 5.08. The minimum Gasteiger partial charge on any atom is -0.388 e. The zero-order valence-corrected chi connectivity index (χ0v) is 10.6. The fourth-order valence-corrected chi connectivity index (χ4v) is 1.76. The first-order chi connectivity index (χ1) is 7.01. The molecule has 0 unspecified atom stereocenters. The van der Waals surface area contributed by atoms with Crippen LogP contribution in [0.3, 0.4) is 0 Å². The van der Waals surface area contributed by atoms with E-state index in [9.17, 15) is 0 Å². The lowest BCUT2D eigenvalue weighted by Crippen LogP contribution is -2.22. The molecule has 0 spiro atoms. The van der Waals surface area contributed by atoms with Crippen molar-refractivity contribution in [2.24, 2.45) is 0 Å². The number of aliphatic hydroxyl groups is 1. The largest absolute Gasteiger partial charge is 0.388 e. The van der Waals surface area contributed by atoms with Gasteiger partial charge in [0.25, 0.3) is 0 Å². The van der Waals surface area contributed by atoms with Gasteiger partial charge in [-0.05, 0) is 6.04 Å². The SMILES string of the molecule is C[Si](C)(C)CCOCn1cnc(CO)n1. The van der Waals surface area contributed by atoms with Crippen LogP contribution in [0, 0.1) is 0 Å². The van der Waals surface area contributed by atoms with Crippen LogP contribution in [-0.2, 0) is 18.1 Å². The van der Waals surface area contributed by atoms with Crippen LogP contribution in [0.4, 0.5) is 0 Å². The van der Waals surface area contributed by atoms with Crippen LogP contribution in [-0.4, -0.2) is 34.6 Å². The smallest absolute Gasteiger partial charge is 0.176 e. The number of nitrogens with zero attached hydrogens (tertiary/aromatic N) is 3. The van der Waals surface area contributed by atoms with E-state index in [1.807, 2.05) is 0 Å². The van der Waals surface area contributed by atoms with E-state index >= 15 is 0 Å². The molecule has 1 aromatic heterocycles. The van der Waals surface area contributed by atoms with Gasteiger partial charge in [0.15, 0.2) is 5.82 Å². The van der Waals surface area contributed by atoms with Crippen LogP contribution >= 0.6 is 0 Å². The maximum atomic E-state index is 8.76. The van der Waals surface area contributed by atoms with Gasteiger partial charge in [0.05, 0.1) is 0 Å². The van der Waals surface area contributed by atoms with Crippen molar-refractivity contribution < 1.29 is 9.84 Å². The van der Waals surface area contributed by atoms with Crippen molar-refractivity contribution in [1.82, 2.24) is 14.8 Å². The minimum absolute atomic E-state index is 0.123. The Morgan fingerprint density at radius 1 is 1.47 bits per heavy atom. The van der Waals surface area contributed by atoms with Crippen LogP contribution < -0.4 is 0 Å². The van der Waals surface area contributed by atoms with E-state index in [-0.39, 0.29) is 6.61 Å². The van der Waals surface area contributed by atoms with Crippen LogP contribution in [0.1, 0.15) is 5.82 Å². The number of ether oxygens (including phenoxy) is 1. The average Bonchev–Trinajstić information content (AvgIpc) is 2.59. The van der Waals surface area contributed by atoms with E-state index in [0.717, 1.165) is 12.7 Å². The maximum Gasteiger partial charge on any atom is 0.176 e. The lowest BCUT2D eigenvalue weighted by atomic mass is 10.7. The van der Waals surface area contributed by atoms with Crippen molar-refractivity contribution in [3.8, 4) is 0 Å². The second-order valence-electron chi connectivity index (χ2n) is 4.71. The summed E-state index contributed by atoms with van der Waals surface area (Å²) in [5.74, 6) is 0.434. The quantitative estimate of drug-likeness (QED) is 0.586. The Labute approximate surface area is 91.1 Å². The Kier molecular flexibility index (Phi) is 4.43. The summed E-state index contributed by atoms with van der Waals surface area (Å²) >= 11 is 0. The van der Waals surface area contributed by atoms with E-state index in [4.69, 9.17) is 9.84 Å². The molecule has 0 aliphatic carbocycles. The fraction of sp³-hybridized carbons (Fsp3) is 0.778. The standard InChI is InChI=1S/C9H19N3O2Si/c1-15(2,3)5-4-14-8-12-7-10-9(6-13)11-12/h7,13H,4-6,8H2,1-3H3. The molecule has 0 aromatic carbocycles. The Balaban J connectivity index is 2.20. The molecule has 0 saturated heterocycles. The van der Waals surface area contributed by atoms with Crippen LogP contribution in [0.2, 0.25) is 25.7 Å². The van der Waals surface area contributed by atoms with Gasteiger partial charge in [0, 0.05) is 14.7 Å². The van der Waals surface area contributed by atoms with E-state index in [1.54, 1.807) is 11.0 Å². The Morgan fingerprint density at radius 2 is 2.20 bits per heavy atom. The summed E-state index contributed by atoms with van der Waals surface area (Å²) in [5, 5.41) is 12.8. The number of rotatable bonds is 6. The normalized spacial score (nSPS) is 12.0. The molecule has 6 heteroatoms. The molecule has 0 aliphatic rings. The first kappa shape index (κ1) is 12.3. The molecule has 1 heterocycles. The molecule has 0 saturated carbocycles. The fourth-order valence-electron chi connectivity index (χ4n) is 1.00. The summed E-state index contributed by atoms with van der Waals surface area (Å²) in [5.41, 5.74) is 0. The van der Waals surface area contributed by atoms with Crippen molar-refractivity contribution in [2.45, 2.75) is 39.0 Å².